The van der Waals surface area contributed by atoms with E-state index in [1.165, 1.54) is 37.0 Å². The molecule has 0 unspecified atom stereocenters. The van der Waals surface area contributed by atoms with Crippen LogP contribution in [-0.4, -0.2) is 50.5 Å². The maximum atomic E-state index is 11.8. The molecule has 6 heteroatoms. The van der Waals surface area contributed by atoms with E-state index in [9.17, 15) is 4.79 Å². The Morgan fingerprint density at radius 3 is 2.62 bits per heavy atom. The second-order valence-corrected chi connectivity index (χ2v) is 7.60. The fourth-order valence-electron chi connectivity index (χ4n) is 3.20. The highest BCUT2D eigenvalue weighted by Gasteiger charge is 2.34. The molecule has 0 atom stereocenters. The van der Waals surface area contributed by atoms with Gasteiger partial charge in [0.05, 0.1) is 0 Å². The molecule has 1 aliphatic carbocycles. The Morgan fingerprint density at radius 2 is 2.04 bits per heavy atom. The molecule has 0 radical (unpaired) electrons. The number of nitrogens with one attached hydrogen (secondary N) is 2. The van der Waals surface area contributed by atoms with E-state index in [-0.39, 0.29) is 17.9 Å². The number of carbonyl (C=O) groups excluding carboxylic acids is 1. The summed E-state index contributed by atoms with van der Waals surface area (Å²) in [6, 6.07) is 4.41. The SMILES string of the molecule is CCNC(=NCC(=O)N(C)C)NCC1(c2cccs2)CCCCC1. The largest absolute Gasteiger partial charge is 0.357 e. The predicted octanol–water partition coefficient (Wildman–Crippen LogP) is 2.59. The Bertz CT molecular complexity index is 533. The molecule has 1 saturated carbocycles. The summed E-state index contributed by atoms with van der Waals surface area (Å²) in [6.45, 7) is 3.87. The Hall–Kier alpha value is -1.56. The number of hydrogen-bond donors (Lipinski definition) is 2. The summed E-state index contributed by atoms with van der Waals surface area (Å²) in [6.07, 6.45) is 6.34. The average molecular weight is 351 g/mol. The third-order valence-electron chi connectivity index (χ3n) is 4.66. The van der Waals surface area contributed by atoms with Gasteiger partial charge >= 0.3 is 0 Å². The fraction of sp³-hybridized carbons (Fsp3) is 0.667. The molecule has 134 valence electrons. The Balaban J connectivity index is 2.05. The van der Waals surface area contributed by atoms with Crippen molar-refractivity contribution in [3.8, 4) is 0 Å². The zero-order valence-electron chi connectivity index (χ0n) is 15.1. The van der Waals surface area contributed by atoms with Crippen molar-refractivity contribution in [1.29, 1.82) is 0 Å². The summed E-state index contributed by atoms with van der Waals surface area (Å²) >= 11 is 1.85. The zero-order valence-corrected chi connectivity index (χ0v) is 15.9. The number of hydrogen-bond acceptors (Lipinski definition) is 3. The van der Waals surface area contributed by atoms with Crippen LogP contribution in [0.5, 0.6) is 0 Å². The van der Waals surface area contributed by atoms with Crippen molar-refractivity contribution in [3.63, 3.8) is 0 Å². The predicted molar refractivity (Wildman–Crippen MR) is 102 cm³/mol. The number of guanidine groups is 1. The van der Waals surface area contributed by atoms with Crippen LogP contribution in [0.2, 0.25) is 0 Å². The molecule has 0 spiro atoms. The molecule has 5 nitrogen and oxygen atoms in total. The van der Waals surface area contributed by atoms with Crippen LogP contribution in [0.15, 0.2) is 22.5 Å². The number of nitrogens with zero attached hydrogens (tertiary/aromatic N) is 2. The second kappa shape index (κ2) is 9.06. The first-order valence-electron chi connectivity index (χ1n) is 8.84. The van der Waals surface area contributed by atoms with Crippen molar-refractivity contribution in [2.24, 2.45) is 4.99 Å². The summed E-state index contributed by atoms with van der Waals surface area (Å²) in [4.78, 5) is 19.2. The third kappa shape index (κ3) is 4.97. The van der Waals surface area contributed by atoms with E-state index in [1.807, 2.05) is 18.3 Å². The number of amides is 1. The molecule has 1 aromatic heterocycles. The molecule has 2 N–H and O–H groups in total. The Labute approximate surface area is 149 Å². The summed E-state index contributed by atoms with van der Waals surface area (Å²) in [5, 5.41) is 8.91. The summed E-state index contributed by atoms with van der Waals surface area (Å²) in [7, 11) is 3.51. The lowest BCUT2D eigenvalue weighted by Gasteiger charge is -2.37. The van der Waals surface area contributed by atoms with Crippen LogP contribution in [-0.2, 0) is 10.2 Å². The molecule has 0 saturated heterocycles. The lowest BCUT2D eigenvalue weighted by Crippen LogP contribution is -2.46. The van der Waals surface area contributed by atoms with Gasteiger partial charge in [0.2, 0.25) is 5.91 Å². The van der Waals surface area contributed by atoms with Gasteiger partial charge in [-0.1, -0.05) is 25.3 Å². The number of thiophene rings is 1. The quantitative estimate of drug-likeness (QED) is 0.612. The normalized spacial score (nSPS) is 17.4. The van der Waals surface area contributed by atoms with E-state index in [0.29, 0.717) is 0 Å². The molecule has 1 fully saturated rings. The van der Waals surface area contributed by atoms with Crippen LogP contribution in [0.1, 0.15) is 43.9 Å². The van der Waals surface area contributed by atoms with Crippen LogP contribution in [0.4, 0.5) is 0 Å². The van der Waals surface area contributed by atoms with Crippen LogP contribution >= 0.6 is 11.3 Å². The highest BCUT2D eigenvalue weighted by Crippen LogP contribution is 2.41. The highest BCUT2D eigenvalue weighted by atomic mass is 32.1. The van der Waals surface area contributed by atoms with Crippen LogP contribution < -0.4 is 10.6 Å². The van der Waals surface area contributed by atoms with Gasteiger partial charge in [0.15, 0.2) is 5.96 Å². The molecule has 1 aliphatic rings. The Morgan fingerprint density at radius 1 is 1.29 bits per heavy atom. The number of aliphatic imine (C=N–C) groups is 1. The minimum atomic E-state index is 0.0119. The van der Waals surface area contributed by atoms with Crippen LogP contribution in [0.3, 0.4) is 0 Å². The summed E-state index contributed by atoms with van der Waals surface area (Å²) < 4.78 is 0. The molecule has 2 rings (SSSR count). The number of rotatable bonds is 6. The van der Waals surface area contributed by atoms with Gasteiger partial charge in [-0.25, -0.2) is 4.99 Å². The molecular formula is C18H30N4OS. The van der Waals surface area contributed by atoms with Crippen molar-refractivity contribution in [2.75, 3.05) is 33.7 Å². The minimum absolute atomic E-state index is 0.0119. The maximum absolute atomic E-state index is 11.8. The molecule has 0 aliphatic heterocycles. The van der Waals surface area contributed by atoms with E-state index >= 15 is 0 Å². The maximum Gasteiger partial charge on any atom is 0.243 e. The number of likely N-dealkylation sites (N-methyl/N-ethyl adjacent to an activating group) is 1. The van der Waals surface area contributed by atoms with Gasteiger partial charge in [-0.15, -0.1) is 11.3 Å². The molecule has 24 heavy (non-hydrogen) atoms. The van der Waals surface area contributed by atoms with Crippen molar-refractivity contribution in [2.45, 2.75) is 44.4 Å². The van der Waals surface area contributed by atoms with Gasteiger partial charge < -0.3 is 15.5 Å². The first-order chi connectivity index (χ1) is 11.6. The van der Waals surface area contributed by atoms with Crippen LogP contribution in [0.25, 0.3) is 0 Å². The van der Waals surface area contributed by atoms with Crippen molar-refractivity contribution < 1.29 is 4.79 Å². The van der Waals surface area contributed by atoms with Gasteiger partial charge in [0.25, 0.3) is 0 Å². The van der Waals surface area contributed by atoms with Crippen molar-refractivity contribution in [1.82, 2.24) is 15.5 Å². The van der Waals surface area contributed by atoms with E-state index in [1.54, 1.807) is 19.0 Å². The topological polar surface area (TPSA) is 56.7 Å². The molecular weight excluding hydrogens is 320 g/mol. The standard InChI is InChI=1S/C18H30N4OS/c1-4-19-17(20-13-16(23)22(2)3)21-14-18(10-6-5-7-11-18)15-9-8-12-24-15/h8-9,12H,4-7,10-11,13-14H2,1-3H3,(H2,19,20,21). The van der Waals surface area contributed by atoms with Crippen LogP contribution in [0, 0.1) is 0 Å². The average Bonchev–Trinajstić information content (AvgIpc) is 3.13. The van der Waals surface area contributed by atoms with Gasteiger partial charge in [-0.05, 0) is 31.2 Å². The summed E-state index contributed by atoms with van der Waals surface area (Å²) in [5.41, 5.74) is 0.203. The minimum Gasteiger partial charge on any atom is -0.357 e. The van der Waals surface area contributed by atoms with E-state index in [0.717, 1.165) is 19.0 Å². The van der Waals surface area contributed by atoms with Crippen molar-refractivity contribution >= 4 is 23.2 Å². The van der Waals surface area contributed by atoms with E-state index in [2.05, 4.69) is 33.1 Å². The second-order valence-electron chi connectivity index (χ2n) is 6.66. The molecule has 1 aromatic rings. The van der Waals surface area contributed by atoms with Gasteiger partial charge in [0.1, 0.15) is 6.54 Å². The fourth-order valence-corrected chi connectivity index (χ4v) is 4.19. The first kappa shape index (κ1) is 18.8. The number of carbonyl (C=O) groups is 1. The highest BCUT2D eigenvalue weighted by molar-refractivity contribution is 7.10. The van der Waals surface area contributed by atoms with E-state index in [4.69, 9.17) is 0 Å². The summed E-state index contributed by atoms with van der Waals surface area (Å²) in [5.74, 6) is 0.743. The molecule has 1 amide bonds. The monoisotopic (exact) mass is 350 g/mol. The Kier molecular flexibility index (Phi) is 7.09. The lowest BCUT2D eigenvalue weighted by atomic mass is 9.73. The first-order valence-corrected chi connectivity index (χ1v) is 9.72. The van der Waals surface area contributed by atoms with Gasteiger partial charge in [-0.2, -0.15) is 0 Å². The molecule has 1 heterocycles. The van der Waals surface area contributed by atoms with E-state index < -0.39 is 0 Å². The van der Waals surface area contributed by atoms with Crippen molar-refractivity contribution in [3.05, 3.63) is 22.4 Å². The third-order valence-corrected chi connectivity index (χ3v) is 5.78. The zero-order chi connectivity index (χ0) is 17.4. The lowest BCUT2D eigenvalue weighted by molar-refractivity contribution is -0.127. The van der Waals surface area contributed by atoms with Gasteiger partial charge in [-0.3, -0.25) is 4.79 Å². The molecule has 0 bridgehead atoms. The van der Waals surface area contributed by atoms with Gasteiger partial charge in [0, 0.05) is 37.5 Å². The molecule has 0 aromatic carbocycles. The smallest absolute Gasteiger partial charge is 0.243 e.